The van der Waals surface area contributed by atoms with Gasteiger partial charge < -0.3 is 5.32 Å². The molecule has 0 saturated carbocycles. The summed E-state index contributed by atoms with van der Waals surface area (Å²) in [5.41, 5.74) is 4.23. The Balaban J connectivity index is 1.49. The fourth-order valence-corrected chi connectivity index (χ4v) is 5.05. The molecular weight excluding hydrogens is 308 g/mol. The Kier molecular flexibility index (Phi) is 5.52. The number of ketones is 1. The molecular formula is C22H32N2O. The number of Topliss-reactive ketones (excluding diaryl/α,β-unsaturated/α-hetero) is 1. The van der Waals surface area contributed by atoms with Crippen molar-refractivity contribution in [3.63, 3.8) is 0 Å². The topological polar surface area (TPSA) is 32.3 Å². The summed E-state index contributed by atoms with van der Waals surface area (Å²) in [6.45, 7) is 3.26. The molecule has 0 amide bonds. The lowest BCUT2D eigenvalue weighted by Crippen LogP contribution is -2.55. The smallest absolute Gasteiger partial charge is 0.155 e. The third-order valence-electron chi connectivity index (χ3n) is 6.38. The zero-order chi connectivity index (χ0) is 17.1. The van der Waals surface area contributed by atoms with Gasteiger partial charge in [-0.3, -0.25) is 9.69 Å². The number of likely N-dealkylation sites (tertiary alicyclic amines) is 1. The highest BCUT2D eigenvalue weighted by Crippen LogP contribution is 2.25. The molecule has 1 aromatic carbocycles. The first kappa shape index (κ1) is 17.2. The van der Waals surface area contributed by atoms with Crippen molar-refractivity contribution < 1.29 is 4.79 Å². The molecule has 1 aliphatic carbocycles. The van der Waals surface area contributed by atoms with Crippen LogP contribution in [0.15, 0.2) is 18.2 Å². The van der Waals surface area contributed by atoms with Crippen molar-refractivity contribution in [2.45, 2.75) is 76.3 Å². The number of aryl methyl sites for hydroxylation is 2. The second-order valence-electron chi connectivity index (χ2n) is 8.20. The first-order valence-corrected chi connectivity index (χ1v) is 10.4. The van der Waals surface area contributed by atoms with Gasteiger partial charge in [0.2, 0.25) is 0 Å². The third-order valence-corrected chi connectivity index (χ3v) is 6.38. The van der Waals surface area contributed by atoms with Crippen LogP contribution in [0.1, 0.15) is 61.6 Å². The Morgan fingerprint density at radius 1 is 1.04 bits per heavy atom. The van der Waals surface area contributed by atoms with E-state index in [-0.39, 0.29) is 6.04 Å². The predicted octanol–water partition coefficient (Wildman–Crippen LogP) is 3.28. The Morgan fingerprint density at radius 2 is 1.84 bits per heavy atom. The minimum absolute atomic E-state index is 0.0823. The number of carbonyl (C=O) groups excluding carboxylic acids is 1. The highest BCUT2D eigenvalue weighted by atomic mass is 16.1. The molecule has 0 radical (unpaired) electrons. The van der Waals surface area contributed by atoms with Crippen LogP contribution < -0.4 is 5.32 Å². The predicted molar refractivity (Wildman–Crippen MR) is 102 cm³/mol. The van der Waals surface area contributed by atoms with Crippen molar-refractivity contribution in [1.82, 2.24) is 10.2 Å². The molecule has 2 fully saturated rings. The van der Waals surface area contributed by atoms with Crippen molar-refractivity contribution in [3.05, 3.63) is 34.9 Å². The molecule has 2 atom stereocenters. The fourth-order valence-electron chi connectivity index (χ4n) is 5.05. The van der Waals surface area contributed by atoms with Crippen LogP contribution in [0.2, 0.25) is 0 Å². The first-order chi connectivity index (χ1) is 12.3. The van der Waals surface area contributed by atoms with Crippen molar-refractivity contribution >= 4 is 5.78 Å². The van der Waals surface area contributed by atoms with Gasteiger partial charge in [0.05, 0.1) is 6.04 Å². The first-order valence-electron chi connectivity index (χ1n) is 10.4. The maximum Gasteiger partial charge on any atom is 0.155 e. The largest absolute Gasteiger partial charge is 0.312 e. The molecule has 2 unspecified atom stereocenters. The maximum absolute atomic E-state index is 13.3. The monoisotopic (exact) mass is 340 g/mol. The quantitative estimate of drug-likeness (QED) is 0.893. The van der Waals surface area contributed by atoms with Crippen LogP contribution in [0, 0.1) is 0 Å². The van der Waals surface area contributed by atoms with E-state index in [0.717, 1.165) is 26.1 Å². The van der Waals surface area contributed by atoms with Gasteiger partial charge >= 0.3 is 0 Å². The molecule has 3 nitrogen and oxygen atoms in total. The van der Waals surface area contributed by atoms with Gasteiger partial charge in [-0.15, -0.1) is 0 Å². The van der Waals surface area contributed by atoms with Crippen molar-refractivity contribution in [2.75, 3.05) is 19.6 Å². The summed E-state index contributed by atoms with van der Waals surface area (Å²) in [7, 11) is 0. The Morgan fingerprint density at radius 3 is 2.60 bits per heavy atom. The van der Waals surface area contributed by atoms with E-state index in [9.17, 15) is 4.79 Å². The number of fused-ring (bicyclic) bond motifs is 1. The van der Waals surface area contributed by atoms with Gasteiger partial charge in [-0.05, 0) is 87.7 Å². The summed E-state index contributed by atoms with van der Waals surface area (Å²) < 4.78 is 0. The third kappa shape index (κ3) is 3.98. The van der Waals surface area contributed by atoms with Crippen LogP contribution in [0.25, 0.3) is 0 Å². The SMILES string of the molecule is O=C(Cc1ccc2c(c1)CCCC2)C(C1CCCCN1)N1CCCC1. The normalized spacial score (nSPS) is 25.5. The van der Waals surface area contributed by atoms with Crippen LogP contribution in [0.5, 0.6) is 0 Å². The van der Waals surface area contributed by atoms with Gasteiger partial charge in [0.25, 0.3) is 0 Å². The molecule has 2 aliphatic heterocycles. The van der Waals surface area contributed by atoms with Gasteiger partial charge in [-0.2, -0.15) is 0 Å². The summed E-state index contributed by atoms with van der Waals surface area (Å²) >= 11 is 0. The number of rotatable bonds is 5. The van der Waals surface area contributed by atoms with Gasteiger partial charge in [0, 0.05) is 12.5 Å². The van der Waals surface area contributed by atoms with Crippen LogP contribution in [-0.4, -0.2) is 42.4 Å². The van der Waals surface area contributed by atoms with E-state index in [1.54, 1.807) is 0 Å². The summed E-state index contributed by atoms with van der Waals surface area (Å²) in [6.07, 6.45) is 11.8. The molecule has 136 valence electrons. The van der Waals surface area contributed by atoms with Crippen molar-refractivity contribution in [2.24, 2.45) is 0 Å². The fraction of sp³-hybridized carbons (Fsp3) is 0.682. The van der Waals surface area contributed by atoms with E-state index in [0.29, 0.717) is 18.2 Å². The summed E-state index contributed by atoms with van der Waals surface area (Å²) in [5, 5.41) is 3.65. The number of piperidine rings is 1. The maximum atomic E-state index is 13.3. The van der Waals surface area contributed by atoms with Gasteiger partial charge in [-0.1, -0.05) is 24.6 Å². The zero-order valence-corrected chi connectivity index (χ0v) is 15.4. The molecule has 0 bridgehead atoms. The Bertz CT molecular complexity index is 600. The summed E-state index contributed by atoms with van der Waals surface area (Å²) in [4.78, 5) is 15.7. The van der Waals surface area contributed by atoms with Crippen LogP contribution in [0.4, 0.5) is 0 Å². The molecule has 2 heterocycles. The summed E-state index contributed by atoms with van der Waals surface area (Å²) in [5.74, 6) is 0.428. The highest BCUT2D eigenvalue weighted by Gasteiger charge is 2.35. The minimum Gasteiger partial charge on any atom is -0.312 e. The Labute approximate surface area is 152 Å². The van der Waals surface area contributed by atoms with Crippen LogP contribution in [-0.2, 0) is 24.1 Å². The van der Waals surface area contributed by atoms with Crippen LogP contribution >= 0.6 is 0 Å². The second kappa shape index (κ2) is 8.01. The molecule has 25 heavy (non-hydrogen) atoms. The average molecular weight is 341 g/mol. The van der Waals surface area contributed by atoms with E-state index < -0.39 is 0 Å². The van der Waals surface area contributed by atoms with E-state index in [4.69, 9.17) is 0 Å². The molecule has 3 heteroatoms. The lowest BCUT2D eigenvalue weighted by Gasteiger charge is -2.36. The van der Waals surface area contributed by atoms with Gasteiger partial charge in [0.1, 0.15) is 0 Å². The van der Waals surface area contributed by atoms with Gasteiger partial charge in [0.15, 0.2) is 5.78 Å². The average Bonchev–Trinajstić information content (AvgIpc) is 3.17. The number of nitrogens with one attached hydrogen (secondary N) is 1. The summed E-state index contributed by atoms with van der Waals surface area (Å²) in [6, 6.07) is 7.25. The van der Waals surface area contributed by atoms with E-state index in [1.807, 2.05) is 0 Å². The molecule has 2 saturated heterocycles. The number of hydrogen-bond donors (Lipinski definition) is 1. The molecule has 1 N–H and O–H groups in total. The number of carbonyl (C=O) groups is 1. The number of hydrogen-bond acceptors (Lipinski definition) is 3. The Hall–Kier alpha value is -1.19. The molecule has 1 aromatic rings. The standard InChI is InChI=1S/C22H32N2O/c25-21(16-17-10-11-18-7-1-2-8-19(18)15-17)22(24-13-5-6-14-24)20-9-3-4-12-23-20/h10-11,15,20,22-23H,1-9,12-14,16H2. The molecule has 0 spiro atoms. The highest BCUT2D eigenvalue weighted by molar-refractivity contribution is 5.87. The van der Waals surface area contributed by atoms with Crippen molar-refractivity contribution in [1.29, 1.82) is 0 Å². The zero-order valence-electron chi connectivity index (χ0n) is 15.4. The number of benzene rings is 1. The lowest BCUT2D eigenvalue weighted by molar-refractivity contribution is -0.124. The van der Waals surface area contributed by atoms with E-state index in [2.05, 4.69) is 28.4 Å². The van der Waals surface area contributed by atoms with E-state index in [1.165, 1.54) is 68.1 Å². The molecule has 3 aliphatic rings. The molecule has 0 aromatic heterocycles. The number of nitrogens with zero attached hydrogens (tertiary/aromatic N) is 1. The van der Waals surface area contributed by atoms with Gasteiger partial charge in [-0.25, -0.2) is 0 Å². The minimum atomic E-state index is 0.0823. The van der Waals surface area contributed by atoms with E-state index >= 15 is 0 Å². The molecule has 4 rings (SSSR count). The van der Waals surface area contributed by atoms with Crippen molar-refractivity contribution in [3.8, 4) is 0 Å². The second-order valence-corrected chi connectivity index (χ2v) is 8.20. The lowest BCUT2D eigenvalue weighted by atomic mass is 9.87. The van der Waals surface area contributed by atoms with Crippen LogP contribution in [0.3, 0.4) is 0 Å².